The molecule has 140 valence electrons. The van der Waals surface area contributed by atoms with Gasteiger partial charge in [-0.1, -0.05) is 48.2 Å². The summed E-state index contributed by atoms with van der Waals surface area (Å²) < 4.78 is 7.06. The molecule has 0 bridgehead atoms. The van der Waals surface area contributed by atoms with E-state index >= 15 is 0 Å². The first kappa shape index (κ1) is 18.9. The largest absolute Gasteiger partial charge is 0.494 e. The van der Waals surface area contributed by atoms with Gasteiger partial charge in [0.1, 0.15) is 16.7 Å². The third-order valence-corrected chi connectivity index (χ3v) is 5.17. The molecule has 0 radical (unpaired) electrons. The minimum absolute atomic E-state index is 0.0306. The Morgan fingerprint density at radius 3 is 2.59 bits per heavy atom. The minimum atomic E-state index is -0.457. The average Bonchev–Trinajstić information content (AvgIpc) is 3.14. The quantitative estimate of drug-likeness (QED) is 0.610. The fraction of sp³-hybridized carbons (Fsp3) is 0.263. The van der Waals surface area contributed by atoms with Crippen LogP contribution in [0.4, 0.5) is 0 Å². The lowest BCUT2D eigenvalue weighted by Crippen LogP contribution is -2.27. The number of carbonyl (C=O) groups is 1. The molecular formula is C19H21N5O2S. The van der Waals surface area contributed by atoms with E-state index in [-0.39, 0.29) is 5.91 Å². The molecule has 0 aliphatic carbocycles. The van der Waals surface area contributed by atoms with Crippen LogP contribution >= 0.6 is 11.8 Å². The lowest BCUT2D eigenvalue weighted by molar-refractivity contribution is -0.128. The van der Waals surface area contributed by atoms with Gasteiger partial charge in [0.25, 0.3) is 0 Å². The SMILES string of the molecule is COc1ccc(C)cc1-n1nnnc1S[C@H](C(=O)N(C)C)c1ccccc1. The first-order valence-corrected chi connectivity index (χ1v) is 9.25. The number of methoxy groups -OCH3 is 1. The molecule has 0 saturated carbocycles. The molecule has 0 unspecified atom stereocenters. The molecule has 3 rings (SSSR count). The molecule has 0 N–H and O–H groups in total. The van der Waals surface area contributed by atoms with Crippen LogP contribution in [0, 0.1) is 6.92 Å². The second-order valence-electron chi connectivity index (χ2n) is 6.19. The van der Waals surface area contributed by atoms with Crippen LogP contribution in [-0.2, 0) is 4.79 Å². The van der Waals surface area contributed by atoms with E-state index in [0.29, 0.717) is 10.9 Å². The van der Waals surface area contributed by atoms with E-state index in [1.807, 2.05) is 55.5 Å². The third-order valence-electron chi connectivity index (χ3n) is 3.99. The van der Waals surface area contributed by atoms with Gasteiger partial charge in [-0.2, -0.15) is 4.68 Å². The van der Waals surface area contributed by atoms with Gasteiger partial charge in [0.15, 0.2) is 0 Å². The Morgan fingerprint density at radius 1 is 1.19 bits per heavy atom. The van der Waals surface area contributed by atoms with E-state index in [1.54, 1.807) is 30.8 Å². The highest BCUT2D eigenvalue weighted by Gasteiger charge is 2.27. The van der Waals surface area contributed by atoms with Gasteiger partial charge in [0.2, 0.25) is 11.1 Å². The summed E-state index contributed by atoms with van der Waals surface area (Å²) >= 11 is 1.31. The number of nitrogens with zero attached hydrogens (tertiary/aromatic N) is 5. The highest BCUT2D eigenvalue weighted by Crippen LogP contribution is 2.37. The van der Waals surface area contributed by atoms with Crippen molar-refractivity contribution in [2.45, 2.75) is 17.3 Å². The van der Waals surface area contributed by atoms with Gasteiger partial charge in [0, 0.05) is 14.1 Å². The van der Waals surface area contributed by atoms with Gasteiger partial charge in [-0.05, 0) is 40.6 Å². The number of carbonyl (C=O) groups excluding carboxylic acids is 1. The number of hydrogen-bond donors (Lipinski definition) is 0. The second-order valence-corrected chi connectivity index (χ2v) is 7.26. The Morgan fingerprint density at radius 2 is 1.93 bits per heavy atom. The smallest absolute Gasteiger partial charge is 0.240 e. The van der Waals surface area contributed by atoms with Crippen LogP contribution in [0.5, 0.6) is 5.75 Å². The highest BCUT2D eigenvalue weighted by molar-refractivity contribution is 8.00. The normalized spacial score (nSPS) is 11.9. The lowest BCUT2D eigenvalue weighted by Gasteiger charge is -2.20. The van der Waals surface area contributed by atoms with Crippen LogP contribution in [0.2, 0.25) is 0 Å². The molecule has 0 aliphatic heterocycles. The molecule has 0 saturated heterocycles. The number of aryl methyl sites for hydroxylation is 1. The summed E-state index contributed by atoms with van der Waals surface area (Å²) in [5.74, 6) is 0.627. The fourth-order valence-electron chi connectivity index (χ4n) is 2.60. The van der Waals surface area contributed by atoms with Crippen LogP contribution in [0.3, 0.4) is 0 Å². The van der Waals surface area contributed by atoms with E-state index in [1.165, 1.54) is 11.8 Å². The van der Waals surface area contributed by atoms with E-state index < -0.39 is 5.25 Å². The molecule has 7 nitrogen and oxygen atoms in total. The summed E-state index contributed by atoms with van der Waals surface area (Å²) in [7, 11) is 5.09. The Kier molecular flexibility index (Phi) is 5.75. The van der Waals surface area contributed by atoms with Crippen LogP contribution in [0.25, 0.3) is 5.69 Å². The first-order valence-electron chi connectivity index (χ1n) is 8.37. The van der Waals surface area contributed by atoms with Crippen LogP contribution in [0.1, 0.15) is 16.4 Å². The van der Waals surface area contributed by atoms with Crippen molar-refractivity contribution < 1.29 is 9.53 Å². The van der Waals surface area contributed by atoms with E-state index in [2.05, 4.69) is 15.5 Å². The number of amides is 1. The Hall–Kier alpha value is -2.87. The molecule has 0 aliphatic rings. The Bertz CT molecular complexity index is 927. The van der Waals surface area contributed by atoms with Crippen LogP contribution < -0.4 is 4.74 Å². The maximum atomic E-state index is 12.8. The van der Waals surface area contributed by atoms with Crippen molar-refractivity contribution in [3.8, 4) is 11.4 Å². The Labute approximate surface area is 162 Å². The summed E-state index contributed by atoms with van der Waals surface area (Å²) in [5.41, 5.74) is 2.68. The van der Waals surface area contributed by atoms with Gasteiger partial charge < -0.3 is 9.64 Å². The number of benzene rings is 2. The number of likely N-dealkylation sites (N-methyl/N-ethyl adjacent to an activating group) is 1. The van der Waals surface area contributed by atoms with Gasteiger partial charge in [-0.15, -0.1) is 5.10 Å². The molecular weight excluding hydrogens is 362 g/mol. The van der Waals surface area contributed by atoms with Gasteiger partial charge in [-0.25, -0.2) is 0 Å². The topological polar surface area (TPSA) is 73.1 Å². The second kappa shape index (κ2) is 8.22. The van der Waals surface area contributed by atoms with E-state index in [0.717, 1.165) is 16.8 Å². The molecule has 8 heteroatoms. The highest BCUT2D eigenvalue weighted by atomic mass is 32.2. The van der Waals surface area contributed by atoms with Crippen LogP contribution in [0.15, 0.2) is 53.7 Å². The molecule has 1 aromatic heterocycles. The zero-order valence-electron chi connectivity index (χ0n) is 15.7. The molecule has 1 amide bonds. The number of rotatable bonds is 6. The summed E-state index contributed by atoms with van der Waals surface area (Å²) in [5, 5.41) is 12.1. The van der Waals surface area contributed by atoms with Crippen molar-refractivity contribution in [2.24, 2.45) is 0 Å². The number of tetrazole rings is 1. The summed E-state index contributed by atoms with van der Waals surface area (Å²) in [4.78, 5) is 14.4. The van der Waals surface area contributed by atoms with E-state index in [4.69, 9.17) is 4.74 Å². The molecule has 2 aromatic carbocycles. The maximum Gasteiger partial charge on any atom is 0.240 e. The molecule has 0 fully saturated rings. The van der Waals surface area contributed by atoms with Crippen LogP contribution in [-0.4, -0.2) is 52.2 Å². The van der Waals surface area contributed by atoms with Crippen molar-refractivity contribution in [3.05, 3.63) is 59.7 Å². The Balaban J connectivity index is 2.01. The zero-order chi connectivity index (χ0) is 19.4. The summed E-state index contributed by atoms with van der Waals surface area (Å²) in [6, 6.07) is 15.4. The number of hydrogen-bond acceptors (Lipinski definition) is 6. The minimum Gasteiger partial charge on any atom is -0.494 e. The van der Waals surface area contributed by atoms with Crippen molar-refractivity contribution in [1.82, 2.24) is 25.1 Å². The number of thioether (sulfide) groups is 1. The van der Waals surface area contributed by atoms with Gasteiger partial charge >= 0.3 is 0 Å². The summed E-state index contributed by atoms with van der Waals surface area (Å²) in [6.07, 6.45) is 0. The average molecular weight is 383 g/mol. The lowest BCUT2D eigenvalue weighted by atomic mass is 10.1. The molecule has 1 atom stereocenters. The number of aromatic nitrogens is 4. The van der Waals surface area contributed by atoms with Crippen molar-refractivity contribution in [2.75, 3.05) is 21.2 Å². The van der Waals surface area contributed by atoms with Gasteiger partial charge in [-0.3, -0.25) is 4.79 Å². The predicted octanol–water partition coefficient (Wildman–Crippen LogP) is 2.90. The monoisotopic (exact) mass is 383 g/mol. The first-order chi connectivity index (χ1) is 13.0. The molecule has 27 heavy (non-hydrogen) atoms. The van der Waals surface area contributed by atoms with Gasteiger partial charge in [0.05, 0.1) is 7.11 Å². The molecule has 0 spiro atoms. The van der Waals surface area contributed by atoms with Crippen molar-refractivity contribution >= 4 is 17.7 Å². The standard InChI is InChI=1S/C19H21N5O2S/c1-13-10-11-16(26-4)15(12-13)24-19(20-21-22-24)27-17(18(25)23(2)3)14-8-6-5-7-9-14/h5-12,17H,1-4H3/t17-/m0/s1. The zero-order valence-corrected chi connectivity index (χ0v) is 16.5. The third kappa shape index (κ3) is 4.11. The fourth-order valence-corrected chi connectivity index (χ4v) is 3.73. The van der Waals surface area contributed by atoms with E-state index in [9.17, 15) is 4.79 Å². The molecule has 3 aromatic rings. The predicted molar refractivity (Wildman–Crippen MR) is 104 cm³/mol. The van der Waals surface area contributed by atoms with Crippen molar-refractivity contribution in [3.63, 3.8) is 0 Å². The van der Waals surface area contributed by atoms with Crippen molar-refractivity contribution in [1.29, 1.82) is 0 Å². The number of ether oxygens (including phenoxy) is 1. The maximum absolute atomic E-state index is 12.8. The molecule has 1 heterocycles. The summed E-state index contributed by atoms with van der Waals surface area (Å²) in [6.45, 7) is 1.99.